The number of aliphatic carboxylic acids is 1. The SMILES string of the molecule is CC(CN1CCCC1=O)NS(=O)(=O)C(C)C(=O)O. The van der Waals surface area contributed by atoms with Gasteiger partial charge in [0.1, 0.15) is 0 Å². The molecular formula is C10H18N2O5S. The molecule has 104 valence electrons. The van der Waals surface area contributed by atoms with Crippen LogP contribution in [0.1, 0.15) is 26.7 Å². The van der Waals surface area contributed by atoms with Crippen LogP contribution in [0.5, 0.6) is 0 Å². The highest BCUT2D eigenvalue weighted by atomic mass is 32.2. The van der Waals surface area contributed by atoms with E-state index in [2.05, 4.69) is 4.72 Å². The molecule has 1 saturated heterocycles. The van der Waals surface area contributed by atoms with Gasteiger partial charge in [0.25, 0.3) is 0 Å². The number of carbonyl (C=O) groups is 2. The smallest absolute Gasteiger partial charge is 0.323 e. The Labute approximate surface area is 106 Å². The van der Waals surface area contributed by atoms with E-state index in [4.69, 9.17) is 5.11 Å². The highest BCUT2D eigenvalue weighted by Crippen LogP contribution is 2.10. The molecule has 1 aliphatic rings. The molecule has 0 aromatic heterocycles. The highest BCUT2D eigenvalue weighted by Gasteiger charge is 2.30. The molecule has 2 N–H and O–H groups in total. The molecule has 18 heavy (non-hydrogen) atoms. The van der Waals surface area contributed by atoms with Crippen molar-refractivity contribution in [2.24, 2.45) is 0 Å². The summed E-state index contributed by atoms with van der Waals surface area (Å²) in [5.74, 6) is -1.39. The van der Waals surface area contributed by atoms with Gasteiger partial charge >= 0.3 is 5.97 Å². The average molecular weight is 278 g/mol. The van der Waals surface area contributed by atoms with Crippen LogP contribution in [0.3, 0.4) is 0 Å². The van der Waals surface area contributed by atoms with Gasteiger partial charge in [0.05, 0.1) is 0 Å². The Hall–Kier alpha value is -1.15. The van der Waals surface area contributed by atoms with Crippen molar-refractivity contribution in [2.75, 3.05) is 13.1 Å². The van der Waals surface area contributed by atoms with E-state index >= 15 is 0 Å². The molecule has 0 aromatic rings. The van der Waals surface area contributed by atoms with Gasteiger partial charge in [-0.1, -0.05) is 0 Å². The van der Waals surface area contributed by atoms with E-state index in [1.54, 1.807) is 11.8 Å². The summed E-state index contributed by atoms with van der Waals surface area (Å²) >= 11 is 0. The van der Waals surface area contributed by atoms with Gasteiger partial charge in [0.15, 0.2) is 5.25 Å². The Bertz CT molecular complexity index is 434. The van der Waals surface area contributed by atoms with Crippen LogP contribution in [0, 0.1) is 0 Å². The third-order valence-electron chi connectivity index (χ3n) is 2.84. The second-order valence-electron chi connectivity index (χ2n) is 4.49. The summed E-state index contributed by atoms with van der Waals surface area (Å²) < 4.78 is 25.6. The molecule has 0 radical (unpaired) electrons. The number of carboxylic acids is 1. The zero-order valence-electron chi connectivity index (χ0n) is 10.4. The summed E-state index contributed by atoms with van der Waals surface area (Å²) in [7, 11) is -3.91. The summed E-state index contributed by atoms with van der Waals surface area (Å²) in [6.07, 6.45) is 1.27. The molecule has 7 nitrogen and oxygen atoms in total. The maximum atomic E-state index is 11.6. The predicted molar refractivity (Wildman–Crippen MR) is 64.4 cm³/mol. The fourth-order valence-corrected chi connectivity index (χ4v) is 2.89. The number of carboxylic acid groups (broad SMARTS) is 1. The second-order valence-corrected chi connectivity index (χ2v) is 6.52. The van der Waals surface area contributed by atoms with Crippen LogP contribution in [0.15, 0.2) is 0 Å². The van der Waals surface area contributed by atoms with Crippen LogP contribution in [-0.2, 0) is 19.6 Å². The fraction of sp³-hybridized carbons (Fsp3) is 0.800. The first-order valence-electron chi connectivity index (χ1n) is 5.75. The third kappa shape index (κ3) is 3.67. The molecule has 0 saturated carbocycles. The van der Waals surface area contributed by atoms with Crippen molar-refractivity contribution in [1.29, 1.82) is 0 Å². The van der Waals surface area contributed by atoms with E-state index < -0.39 is 27.3 Å². The van der Waals surface area contributed by atoms with E-state index in [9.17, 15) is 18.0 Å². The van der Waals surface area contributed by atoms with Gasteiger partial charge < -0.3 is 10.0 Å². The lowest BCUT2D eigenvalue weighted by atomic mass is 10.3. The van der Waals surface area contributed by atoms with Gasteiger partial charge in [-0.05, 0) is 20.3 Å². The Kier molecular flexibility index (Phi) is 4.69. The van der Waals surface area contributed by atoms with Crippen molar-refractivity contribution >= 4 is 21.9 Å². The molecule has 0 bridgehead atoms. The first-order valence-corrected chi connectivity index (χ1v) is 7.30. The van der Waals surface area contributed by atoms with E-state index in [1.807, 2.05) is 0 Å². The third-order valence-corrected chi connectivity index (χ3v) is 4.71. The van der Waals surface area contributed by atoms with Gasteiger partial charge in [-0.15, -0.1) is 0 Å². The van der Waals surface area contributed by atoms with Crippen molar-refractivity contribution < 1.29 is 23.1 Å². The topological polar surface area (TPSA) is 104 Å². The molecular weight excluding hydrogens is 260 g/mol. The standard InChI is InChI=1S/C10H18N2O5S/c1-7(6-12-5-3-4-9(12)13)11-18(16,17)8(2)10(14)15/h7-8,11H,3-6H2,1-2H3,(H,14,15). The monoisotopic (exact) mass is 278 g/mol. The van der Waals surface area contributed by atoms with E-state index in [0.29, 0.717) is 13.0 Å². The number of carbonyl (C=O) groups excluding carboxylic acids is 1. The summed E-state index contributed by atoms with van der Waals surface area (Å²) in [6, 6.07) is -0.501. The molecule has 0 aromatic carbocycles. The molecule has 2 unspecified atom stereocenters. The van der Waals surface area contributed by atoms with Crippen molar-refractivity contribution in [2.45, 2.75) is 38.0 Å². The number of likely N-dealkylation sites (tertiary alicyclic amines) is 1. The molecule has 2 atom stereocenters. The second kappa shape index (κ2) is 5.66. The van der Waals surface area contributed by atoms with Crippen molar-refractivity contribution in [1.82, 2.24) is 9.62 Å². The molecule has 1 rings (SSSR count). The minimum atomic E-state index is -3.91. The Balaban J connectivity index is 2.56. The van der Waals surface area contributed by atoms with Crippen LogP contribution in [0.4, 0.5) is 0 Å². The zero-order chi connectivity index (χ0) is 13.9. The van der Waals surface area contributed by atoms with Crippen LogP contribution < -0.4 is 4.72 Å². The van der Waals surface area contributed by atoms with Crippen LogP contribution >= 0.6 is 0 Å². The van der Waals surface area contributed by atoms with Gasteiger partial charge in [0.2, 0.25) is 15.9 Å². The number of nitrogens with one attached hydrogen (secondary N) is 1. The Morgan fingerprint density at radius 2 is 2.11 bits per heavy atom. The fourth-order valence-electron chi connectivity index (χ4n) is 1.78. The van der Waals surface area contributed by atoms with E-state index in [1.165, 1.54) is 0 Å². The van der Waals surface area contributed by atoms with Crippen LogP contribution in [-0.4, -0.2) is 54.7 Å². The van der Waals surface area contributed by atoms with Gasteiger partial charge in [0, 0.05) is 25.6 Å². The lowest BCUT2D eigenvalue weighted by Gasteiger charge is -2.22. The highest BCUT2D eigenvalue weighted by molar-refractivity contribution is 7.90. The molecule has 1 fully saturated rings. The zero-order valence-corrected chi connectivity index (χ0v) is 11.2. The van der Waals surface area contributed by atoms with Gasteiger partial charge in [-0.3, -0.25) is 9.59 Å². The van der Waals surface area contributed by atoms with E-state index in [0.717, 1.165) is 13.3 Å². The number of amides is 1. The minimum Gasteiger partial charge on any atom is -0.480 e. The largest absolute Gasteiger partial charge is 0.480 e. The average Bonchev–Trinajstić information content (AvgIpc) is 2.62. The Morgan fingerprint density at radius 1 is 1.50 bits per heavy atom. The predicted octanol–water partition coefficient (Wildman–Crippen LogP) is -0.610. The maximum Gasteiger partial charge on any atom is 0.323 e. The van der Waals surface area contributed by atoms with Crippen LogP contribution in [0.2, 0.25) is 0 Å². The van der Waals surface area contributed by atoms with E-state index in [-0.39, 0.29) is 12.5 Å². The molecule has 0 spiro atoms. The lowest BCUT2D eigenvalue weighted by Crippen LogP contribution is -2.46. The van der Waals surface area contributed by atoms with Gasteiger partial charge in [-0.2, -0.15) is 0 Å². The Morgan fingerprint density at radius 3 is 2.56 bits per heavy atom. The minimum absolute atomic E-state index is 0.00679. The molecule has 8 heteroatoms. The summed E-state index contributed by atoms with van der Waals surface area (Å²) in [5.41, 5.74) is 0. The summed E-state index contributed by atoms with van der Waals surface area (Å²) in [4.78, 5) is 23.6. The number of sulfonamides is 1. The summed E-state index contributed by atoms with van der Waals surface area (Å²) in [6.45, 7) is 3.61. The first-order chi connectivity index (χ1) is 8.24. The molecule has 1 heterocycles. The van der Waals surface area contributed by atoms with Gasteiger partial charge in [-0.25, -0.2) is 13.1 Å². The maximum absolute atomic E-state index is 11.6. The number of rotatable bonds is 6. The van der Waals surface area contributed by atoms with Crippen molar-refractivity contribution in [3.05, 3.63) is 0 Å². The first kappa shape index (κ1) is 14.9. The molecule has 1 aliphatic heterocycles. The summed E-state index contributed by atoms with van der Waals surface area (Å²) in [5, 5.41) is 7.17. The number of nitrogens with zero attached hydrogens (tertiary/aromatic N) is 1. The van der Waals surface area contributed by atoms with Crippen molar-refractivity contribution in [3.63, 3.8) is 0 Å². The normalized spacial score (nSPS) is 19.9. The quantitative estimate of drug-likeness (QED) is 0.674. The lowest BCUT2D eigenvalue weighted by molar-refractivity contribution is -0.136. The van der Waals surface area contributed by atoms with Crippen molar-refractivity contribution in [3.8, 4) is 0 Å². The molecule has 1 amide bonds. The number of hydrogen-bond donors (Lipinski definition) is 2. The molecule has 0 aliphatic carbocycles. The van der Waals surface area contributed by atoms with Crippen LogP contribution in [0.25, 0.3) is 0 Å². The number of hydrogen-bond acceptors (Lipinski definition) is 4.